The zero-order valence-corrected chi connectivity index (χ0v) is 12.5. The lowest BCUT2D eigenvalue weighted by atomic mass is 10.3. The van der Waals surface area contributed by atoms with E-state index in [1.165, 1.54) is 11.8 Å². The molecule has 0 radical (unpaired) electrons. The molecule has 6 heteroatoms. The fourth-order valence-electron chi connectivity index (χ4n) is 1.73. The zero-order chi connectivity index (χ0) is 13.9. The van der Waals surface area contributed by atoms with E-state index in [9.17, 15) is 0 Å². The predicted molar refractivity (Wildman–Crippen MR) is 83.6 cm³/mol. The maximum absolute atomic E-state index is 5.78. The number of hydrogen-bond donors (Lipinski definition) is 1. The summed E-state index contributed by atoms with van der Waals surface area (Å²) in [5.74, 6) is 0.642. The average molecular weight is 303 g/mol. The predicted octanol–water partition coefficient (Wildman–Crippen LogP) is 3.82. The first-order valence-corrected chi connectivity index (χ1v) is 7.81. The summed E-state index contributed by atoms with van der Waals surface area (Å²) in [4.78, 5) is 9.00. The smallest absolute Gasteiger partial charge is 0.214 e. The lowest BCUT2D eigenvalue weighted by Crippen LogP contribution is -1.94. The van der Waals surface area contributed by atoms with E-state index >= 15 is 0 Å². The van der Waals surface area contributed by atoms with Crippen LogP contribution in [0.4, 0.5) is 5.69 Å². The summed E-state index contributed by atoms with van der Waals surface area (Å²) < 4.78 is 7.44. The van der Waals surface area contributed by atoms with Crippen LogP contribution in [-0.4, -0.2) is 16.6 Å². The van der Waals surface area contributed by atoms with E-state index in [0.717, 1.165) is 25.3 Å². The second-order valence-electron chi connectivity index (χ2n) is 4.06. The monoisotopic (exact) mass is 303 g/mol. The van der Waals surface area contributed by atoms with Crippen LogP contribution >= 0.6 is 23.1 Å². The molecule has 0 fully saturated rings. The Bertz CT molecular complexity index is 742. The number of anilines is 1. The Morgan fingerprint density at radius 3 is 3.00 bits per heavy atom. The number of nitrogens with two attached hydrogens (primary N) is 1. The number of hydrogen-bond acceptors (Lipinski definition) is 6. The molecule has 1 aromatic carbocycles. The molecule has 0 unspecified atom stereocenters. The molecule has 0 spiro atoms. The second-order valence-corrected chi connectivity index (χ2v) is 6.35. The molecule has 102 valence electrons. The highest BCUT2D eigenvalue weighted by molar-refractivity contribution is 8.01. The highest BCUT2D eigenvalue weighted by Crippen LogP contribution is 2.34. The van der Waals surface area contributed by atoms with Crippen LogP contribution in [0, 0.1) is 0 Å². The van der Waals surface area contributed by atoms with Crippen LogP contribution in [0.15, 0.2) is 45.8 Å². The van der Waals surface area contributed by atoms with Crippen molar-refractivity contribution >= 4 is 39.0 Å². The number of benzene rings is 1. The Labute approximate surface area is 125 Å². The molecule has 0 saturated heterocycles. The molecule has 0 bridgehead atoms. The van der Waals surface area contributed by atoms with Crippen LogP contribution in [0.5, 0.6) is 5.88 Å². The van der Waals surface area contributed by atoms with Gasteiger partial charge in [0.2, 0.25) is 5.88 Å². The minimum atomic E-state index is 0.613. The van der Waals surface area contributed by atoms with E-state index in [2.05, 4.69) is 9.97 Å². The Kier molecular flexibility index (Phi) is 3.75. The molecule has 20 heavy (non-hydrogen) atoms. The van der Waals surface area contributed by atoms with Gasteiger partial charge in [0.15, 0.2) is 4.34 Å². The summed E-state index contributed by atoms with van der Waals surface area (Å²) in [6, 6.07) is 11.5. The standard InChI is InChI=1S/C14H13N3OS2/c1-2-18-12-4-3-5-13(17-12)20-14-16-10-7-6-9(15)8-11(10)19-14/h3-8H,2,15H2,1H3. The number of fused-ring (bicyclic) bond motifs is 1. The number of ether oxygens (including phenoxy) is 1. The van der Waals surface area contributed by atoms with Crippen LogP contribution in [0.2, 0.25) is 0 Å². The molecule has 0 aliphatic rings. The van der Waals surface area contributed by atoms with Gasteiger partial charge in [0.05, 0.1) is 16.8 Å². The van der Waals surface area contributed by atoms with Crippen molar-refractivity contribution in [3.63, 3.8) is 0 Å². The molecule has 2 aromatic heterocycles. The molecule has 2 heterocycles. The minimum Gasteiger partial charge on any atom is -0.478 e. The van der Waals surface area contributed by atoms with Crippen molar-refractivity contribution in [1.29, 1.82) is 0 Å². The van der Waals surface area contributed by atoms with Crippen molar-refractivity contribution in [3.05, 3.63) is 36.4 Å². The fraction of sp³-hybridized carbons (Fsp3) is 0.143. The molecule has 3 rings (SSSR count). The minimum absolute atomic E-state index is 0.613. The summed E-state index contributed by atoms with van der Waals surface area (Å²) in [5, 5.41) is 0.878. The van der Waals surface area contributed by atoms with Crippen molar-refractivity contribution in [2.24, 2.45) is 0 Å². The van der Waals surface area contributed by atoms with Gasteiger partial charge in [-0.05, 0) is 43.0 Å². The quantitative estimate of drug-likeness (QED) is 0.742. The van der Waals surface area contributed by atoms with Crippen molar-refractivity contribution in [1.82, 2.24) is 9.97 Å². The number of rotatable bonds is 4. The van der Waals surface area contributed by atoms with Gasteiger partial charge in [0.25, 0.3) is 0 Å². The third kappa shape index (κ3) is 2.86. The van der Waals surface area contributed by atoms with Gasteiger partial charge in [-0.15, -0.1) is 11.3 Å². The lowest BCUT2D eigenvalue weighted by Gasteiger charge is -2.02. The van der Waals surface area contributed by atoms with Crippen LogP contribution < -0.4 is 10.5 Å². The van der Waals surface area contributed by atoms with Gasteiger partial charge in [0, 0.05) is 11.8 Å². The first-order chi connectivity index (χ1) is 9.74. The molecule has 3 aromatic rings. The summed E-state index contributed by atoms with van der Waals surface area (Å²) in [7, 11) is 0. The third-order valence-corrected chi connectivity index (χ3v) is 4.59. The molecule has 4 nitrogen and oxygen atoms in total. The molecule has 0 atom stereocenters. The van der Waals surface area contributed by atoms with Crippen LogP contribution in [0.1, 0.15) is 6.92 Å². The first-order valence-electron chi connectivity index (χ1n) is 6.18. The lowest BCUT2D eigenvalue weighted by molar-refractivity contribution is 0.324. The van der Waals surface area contributed by atoms with Crippen LogP contribution in [0.25, 0.3) is 10.2 Å². The van der Waals surface area contributed by atoms with Crippen LogP contribution in [-0.2, 0) is 0 Å². The average Bonchev–Trinajstić information content (AvgIpc) is 2.81. The maximum atomic E-state index is 5.78. The van der Waals surface area contributed by atoms with Crippen LogP contribution in [0.3, 0.4) is 0 Å². The largest absolute Gasteiger partial charge is 0.478 e. The molecule has 0 aliphatic heterocycles. The zero-order valence-electron chi connectivity index (χ0n) is 10.9. The number of nitrogens with zero attached hydrogens (tertiary/aromatic N) is 2. The summed E-state index contributed by atoms with van der Waals surface area (Å²) in [6.45, 7) is 2.56. The van der Waals surface area contributed by atoms with Gasteiger partial charge >= 0.3 is 0 Å². The van der Waals surface area contributed by atoms with E-state index < -0.39 is 0 Å². The maximum Gasteiger partial charge on any atom is 0.214 e. The number of thiazole rings is 1. The normalized spacial score (nSPS) is 10.8. The van der Waals surface area contributed by atoms with E-state index in [1.807, 2.05) is 43.3 Å². The molecular weight excluding hydrogens is 290 g/mol. The van der Waals surface area contributed by atoms with Gasteiger partial charge in [-0.3, -0.25) is 0 Å². The van der Waals surface area contributed by atoms with Gasteiger partial charge in [-0.2, -0.15) is 0 Å². The summed E-state index contributed by atoms with van der Waals surface area (Å²) in [5.41, 5.74) is 7.51. The topological polar surface area (TPSA) is 61.0 Å². The number of nitrogen functional groups attached to an aromatic ring is 1. The molecule has 0 saturated carbocycles. The van der Waals surface area contributed by atoms with E-state index in [0.29, 0.717) is 12.5 Å². The van der Waals surface area contributed by atoms with E-state index in [1.54, 1.807) is 11.3 Å². The van der Waals surface area contributed by atoms with Gasteiger partial charge in [0.1, 0.15) is 5.03 Å². The van der Waals surface area contributed by atoms with Gasteiger partial charge in [-0.1, -0.05) is 6.07 Å². The number of pyridine rings is 1. The second kappa shape index (κ2) is 5.68. The first kappa shape index (κ1) is 13.2. The Balaban J connectivity index is 1.87. The molecule has 2 N–H and O–H groups in total. The van der Waals surface area contributed by atoms with Crippen molar-refractivity contribution < 1.29 is 4.74 Å². The Morgan fingerprint density at radius 1 is 1.25 bits per heavy atom. The number of aromatic nitrogens is 2. The fourth-order valence-corrected chi connectivity index (χ4v) is 3.78. The highest BCUT2D eigenvalue weighted by Gasteiger charge is 2.07. The molecule has 0 amide bonds. The van der Waals surface area contributed by atoms with E-state index in [4.69, 9.17) is 10.5 Å². The highest BCUT2D eigenvalue weighted by atomic mass is 32.2. The molecule has 0 aliphatic carbocycles. The van der Waals surface area contributed by atoms with Crippen molar-refractivity contribution in [3.8, 4) is 5.88 Å². The Hall–Kier alpha value is -1.79. The Morgan fingerprint density at radius 2 is 2.15 bits per heavy atom. The third-order valence-electron chi connectivity index (χ3n) is 2.57. The molecular formula is C14H13N3OS2. The summed E-state index contributed by atoms with van der Waals surface area (Å²) in [6.07, 6.45) is 0. The summed E-state index contributed by atoms with van der Waals surface area (Å²) >= 11 is 3.15. The van der Waals surface area contributed by atoms with Crippen molar-refractivity contribution in [2.45, 2.75) is 16.3 Å². The van der Waals surface area contributed by atoms with Crippen molar-refractivity contribution in [2.75, 3.05) is 12.3 Å². The SMILES string of the molecule is CCOc1cccc(Sc2nc3ccc(N)cc3s2)n1. The van der Waals surface area contributed by atoms with Gasteiger partial charge in [-0.25, -0.2) is 9.97 Å². The van der Waals surface area contributed by atoms with Gasteiger partial charge < -0.3 is 10.5 Å². The van der Waals surface area contributed by atoms with E-state index in [-0.39, 0.29) is 0 Å².